The predicted octanol–water partition coefficient (Wildman–Crippen LogP) is 6.42. The van der Waals surface area contributed by atoms with Crippen LogP contribution in [0.25, 0.3) is 0 Å². The molecule has 0 aliphatic heterocycles. The molecule has 0 amide bonds. The number of ketones is 1. The number of hydrogen-bond acceptors (Lipinski definition) is 3. The Hall–Kier alpha value is -1.52. The second-order valence-electron chi connectivity index (χ2n) is 4.88. The van der Waals surface area contributed by atoms with Crippen LogP contribution in [0.4, 0.5) is 0 Å². The fraction of sp³-hybridized carbons (Fsp3) is 0. The van der Waals surface area contributed by atoms with Crippen LogP contribution in [-0.2, 0) is 0 Å². The minimum Gasteiger partial charge on any atom is -0.289 e. The lowest BCUT2D eigenvalue weighted by atomic mass is 10.1. The van der Waals surface area contributed by atoms with Gasteiger partial charge in [0.25, 0.3) is 0 Å². The van der Waals surface area contributed by atoms with Gasteiger partial charge in [-0.05, 0) is 48.5 Å². The number of nitrogens with zero attached hydrogens (tertiary/aromatic N) is 1. The van der Waals surface area contributed by atoms with E-state index in [0.29, 0.717) is 26.3 Å². The van der Waals surface area contributed by atoms with Crippen LogP contribution in [-0.4, -0.2) is 10.8 Å². The van der Waals surface area contributed by atoms with Crippen LogP contribution in [0, 0.1) is 0 Å². The minimum absolute atomic E-state index is 0.105. The fourth-order valence-corrected chi connectivity index (χ4v) is 3.63. The van der Waals surface area contributed by atoms with Crippen molar-refractivity contribution in [2.75, 3.05) is 0 Å². The quantitative estimate of drug-likeness (QED) is 0.377. The number of hydrogen-bond donors (Lipinski definition) is 0. The summed E-state index contributed by atoms with van der Waals surface area (Å²) in [5.74, 6) is -0.105. The van der Waals surface area contributed by atoms with Gasteiger partial charge in [0.1, 0.15) is 5.15 Å². The van der Waals surface area contributed by atoms with Crippen molar-refractivity contribution < 1.29 is 4.79 Å². The van der Waals surface area contributed by atoms with E-state index in [9.17, 15) is 4.79 Å². The molecular formula is C18H10Cl3NOS. The monoisotopic (exact) mass is 393 g/mol. The molecule has 120 valence electrons. The van der Waals surface area contributed by atoms with Crippen LogP contribution in [0.5, 0.6) is 0 Å². The summed E-state index contributed by atoms with van der Waals surface area (Å²) < 4.78 is 0. The number of rotatable bonds is 4. The van der Waals surface area contributed by atoms with Crippen molar-refractivity contribution in [3.8, 4) is 0 Å². The van der Waals surface area contributed by atoms with E-state index in [-0.39, 0.29) is 5.78 Å². The molecule has 1 heterocycles. The Bertz CT molecular complexity index is 860. The van der Waals surface area contributed by atoms with Gasteiger partial charge in [0.2, 0.25) is 0 Å². The van der Waals surface area contributed by atoms with Crippen molar-refractivity contribution in [2.24, 2.45) is 0 Å². The van der Waals surface area contributed by atoms with Crippen molar-refractivity contribution in [1.29, 1.82) is 0 Å². The van der Waals surface area contributed by atoms with E-state index in [1.807, 2.05) is 12.1 Å². The molecule has 24 heavy (non-hydrogen) atoms. The van der Waals surface area contributed by atoms with Crippen molar-refractivity contribution in [3.63, 3.8) is 0 Å². The Morgan fingerprint density at radius 3 is 2.04 bits per heavy atom. The average Bonchev–Trinajstić information content (AvgIpc) is 2.59. The van der Waals surface area contributed by atoms with E-state index >= 15 is 0 Å². The smallest absolute Gasteiger partial charge is 0.194 e. The lowest BCUT2D eigenvalue weighted by Gasteiger charge is -2.07. The van der Waals surface area contributed by atoms with Crippen molar-refractivity contribution >= 4 is 52.3 Å². The van der Waals surface area contributed by atoms with E-state index in [0.717, 1.165) is 9.79 Å². The van der Waals surface area contributed by atoms with Crippen LogP contribution >= 0.6 is 46.6 Å². The van der Waals surface area contributed by atoms with Crippen LogP contribution in [0.15, 0.2) is 70.6 Å². The SMILES string of the molecule is O=C(c1ccc(Sc2c(Cl)cccc2Cl)cc1)c1ccc(Cl)nc1. The molecule has 0 saturated carbocycles. The summed E-state index contributed by atoms with van der Waals surface area (Å²) in [5, 5.41) is 1.55. The molecule has 0 bridgehead atoms. The second kappa shape index (κ2) is 7.58. The highest BCUT2D eigenvalue weighted by Gasteiger charge is 2.11. The molecule has 1 aromatic heterocycles. The van der Waals surface area contributed by atoms with Gasteiger partial charge in [-0.15, -0.1) is 0 Å². The molecule has 0 atom stereocenters. The molecule has 0 aliphatic carbocycles. The molecule has 0 fully saturated rings. The first-order valence-electron chi connectivity index (χ1n) is 6.93. The van der Waals surface area contributed by atoms with Gasteiger partial charge in [-0.1, -0.05) is 52.6 Å². The topological polar surface area (TPSA) is 30.0 Å². The van der Waals surface area contributed by atoms with Crippen LogP contribution in [0.1, 0.15) is 15.9 Å². The summed E-state index contributed by atoms with van der Waals surface area (Å²) in [6.07, 6.45) is 1.47. The number of halogens is 3. The number of benzene rings is 2. The number of carbonyl (C=O) groups is 1. The Kier molecular flexibility index (Phi) is 5.47. The third-order valence-electron chi connectivity index (χ3n) is 3.24. The highest BCUT2D eigenvalue weighted by Crippen LogP contribution is 2.38. The maximum absolute atomic E-state index is 12.4. The minimum atomic E-state index is -0.105. The normalized spacial score (nSPS) is 10.6. The number of aromatic nitrogens is 1. The Balaban J connectivity index is 1.80. The maximum Gasteiger partial charge on any atom is 0.194 e. The first-order chi connectivity index (χ1) is 11.5. The van der Waals surface area contributed by atoms with Gasteiger partial charge in [0.05, 0.1) is 10.0 Å². The van der Waals surface area contributed by atoms with Gasteiger partial charge in [0.15, 0.2) is 5.78 Å². The summed E-state index contributed by atoms with van der Waals surface area (Å²) in [6.45, 7) is 0. The average molecular weight is 395 g/mol. The summed E-state index contributed by atoms with van der Waals surface area (Å²) in [6, 6.07) is 15.9. The molecule has 2 nitrogen and oxygen atoms in total. The molecule has 6 heteroatoms. The van der Waals surface area contributed by atoms with E-state index in [4.69, 9.17) is 34.8 Å². The summed E-state index contributed by atoms with van der Waals surface area (Å²) in [7, 11) is 0. The largest absolute Gasteiger partial charge is 0.289 e. The Morgan fingerprint density at radius 1 is 0.833 bits per heavy atom. The standard InChI is InChI=1S/C18H10Cl3NOS/c19-14-2-1-3-15(20)18(14)24-13-7-4-11(5-8-13)17(23)12-6-9-16(21)22-10-12/h1-10H. The molecule has 0 N–H and O–H groups in total. The predicted molar refractivity (Wildman–Crippen MR) is 99.7 cm³/mol. The Morgan fingerprint density at radius 2 is 1.46 bits per heavy atom. The lowest BCUT2D eigenvalue weighted by molar-refractivity contribution is 0.103. The summed E-state index contributed by atoms with van der Waals surface area (Å²) in [5.41, 5.74) is 1.07. The third kappa shape index (κ3) is 3.93. The molecule has 2 aromatic carbocycles. The highest BCUT2D eigenvalue weighted by molar-refractivity contribution is 7.99. The maximum atomic E-state index is 12.4. The van der Waals surface area contributed by atoms with Gasteiger partial charge in [-0.2, -0.15) is 0 Å². The van der Waals surface area contributed by atoms with Crippen LogP contribution < -0.4 is 0 Å². The molecule has 0 saturated heterocycles. The third-order valence-corrected chi connectivity index (χ3v) is 5.47. The molecule has 3 aromatic rings. The molecule has 0 unspecified atom stereocenters. The van der Waals surface area contributed by atoms with Gasteiger partial charge >= 0.3 is 0 Å². The van der Waals surface area contributed by atoms with Gasteiger partial charge < -0.3 is 0 Å². The summed E-state index contributed by atoms with van der Waals surface area (Å²) >= 11 is 19.5. The fourth-order valence-electron chi connectivity index (χ4n) is 2.05. The zero-order valence-corrected chi connectivity index (χ0v) is 15.3. The summed E-state index contributed by atoms with van der Waals surface area (Å²) in [4.78, 5) is 18.1. The Labute approximate surface area is 158 Å². The number of carbonyl (C=O) groups excluding carboxylic acids is 1. The van der Waals surface area contributed by atoms with E-state index in [1.54, 1.807) is 42.5 Å². The molecule has 0 radical (unpaired) electrons. The molecule has 0 aliphatic rings. The van der Waals surface area contributed by atoms with Gasteiger partial charge in [-0.25, -0.2) is 4.98 Å². The van der Waals surface area contributed by atoms with Crippen molar-refractivity contribution in [2.45, 2.75) is 9.79 Å². The van der Waals surface area contributed by atoms with Gasteiger partial charge in [-0.3, -0.25) is 4.79 Å². The first kappa shape index (κ1) is 17.3. The number of pyridine rings is 1. The highest BCUT2D eigenvalue weighted by atomic mass is 35.5. The molecular weight excluding hydrogens is 385 g/mol. The van der Waals surface area contributed by atoms with E-state index in [1.165, 1.54) is 18.0 Å². The van der Waals surface area contributed by atoms with Crippen LogP contribution in [0.2, 0.25) is 15.2 Å². The zero-order chi connectivity index (χ0) is 17.1. The van der Waals surface area contributed by atoms with Crippen LogP contribution in [0.3, 0.4) is 0 Å². The second-order valence-corrected chi connectivity index (χ2v) is 7.16. The lowest BCUT2D eigenvalue weighted by Crippen LogP contribution is -2.01. The first-order valence-corrected chi connectivity index (χ1v) is 8.88. The van der Waals surface area contributed by atoms with Crippen molar-refractivity contribution in [1.82, 2.24) is 4.98 Å². The van der Waals surface area contributed by atoms with E-state index < -0.39 is 0 Å². The van der Waals surface area contributed by atoms with Gasteiger partial charge in [0, 0.05) is 27.1 Å². The van der Waals surface area contributed by atoms with Crippen molar-refractivity contribution in [3.05, 3.63) is 87.1 Å². The van der Waals surface area contributed by atoms with E-state index in [2.05, 4.69) is 4.98 Å². The zero-order valence-electron chi connectivity index (χ0n) is 12.2. The molecule has 0 spiro atoms. The molecule has 3 rings (SSSR count).